The Hall–Kier alpha value is -2.54. The first-order valence-electron chi connectivity index (χ1n) is 8.96. The van der Waals surface area contributed by atoms with E-state index in [1.54, 1.807) is 48.5 Å². The number of hydrogen-bond acceptors (Lipinski definition) is 4. The first-order valence-corrected chi connectivity index (χ1v) is 10.4. The molecule has 1 saturated carbocycles. The Balaban J connectivity index is 1.88. The molecule has 0 heterocycles. The van der Waals surface area contributed by atoms with Crippen molar-refractivity contribution in [3.8, 4) is 5.75 Å². The Morgan fingerprint density at radius 2 is 1.67 bits per heavy atom. The van der Waals surface area contributed by atoms with Gasteiger partial charge in [-0.2, -0.15) is 0 Å². The zero-order chi connectivity index (χ0) is 19.6. The van der Waals surface area contributed by atoms with E-state index in [4.69, 9.17) is 4.74 Å². The van der Waals surface area contributed by atoms with Gasteiger partial charge in [-0.25, -0.2) is 8.42 Å². The van der Waals surface area contributed by atoms with E-state index >= 15 is 0 Å². The van der Waals surface area contributed by atoms with E-state index in [1.807, 2.05) is 13.8 Å². The van der Waals surface area contributed by atoms with Gasteiger partial charge in [0.1, 0.15) is 5.75 Å². The first-order chi connectivity index (χ1) is 12.8. The number of rotatable bonds is 7. The number of ether oxygens (including phenoxy) is 1. The third-order valence-corrected chi connectivity index (χ3v) is 5.97. The van der Waals surface area contributed by atoms with Gasteiger partial charge in [0.25, 0.3) is 10.0 Å². The van der Waals surface area contributed by atoms with Crippen LogP contribution in [0.25, 0.3) is 0 Å². The molecule has 1 amide bonds. The van der Waals surface area contributed by atoms with Crippen molar-refractivity contribution in [2.24, 2.45) is 0 Å². The smallest absolute Gasteiger partial charge is 0.264 e. The number of sulfonamides is 1. The maximum atomic E-state index is 13.2. The predicted octanol–water partition coefficient (Wildman–Crippen LogP) is 3.79. The maximum absolute atomic E-state index is 13.2. The molecule has 1 aliphatic rings. The van der Waals surface area contributed by atoms with E-state index in [0.29, 0.717) is 17.1 Å². The highest BCUT2D eigenvalue weighted by Crippen LogP contribution is 2.37. The molecule has 1 aliphatic carbocycles. The van der Waals surface area contributed by atoms with Crippen molar-refractivity contribution >= 4 is 27.3 Å². The van der Waals surface area contributed by atoms with E-state index in [0.717, 1.165) is 12.8 Å². The monoisotopic (exact) mass is 388 g/mol. The maximum Gasteiger partial charge on any atom is 0.264 e. The van der Waals surface area contributed by atoms with Crippen molar-refractivity contribution in [2.75, 3.05) is 9.62 Å². The lowest BCUT2D eigenvalue weighted by molar-refractivity contribution is -0.114. The average Bonchev–Trinajstić information content (AvgIpc) is 3.41. The molecule has 144 valence electrons. The minimum absolute atomic E-state index is 0.0255. The Bertz CT molecular complexity index is 902. The Labute approximate surface area is 160 Å². The third-order valence-electron chi connectivity index (χ3n) is 4.07. The second-order valence-electron chi connectivity index (χ2n) is 6.90. The molecule has 2 aromatic rings. The summed E-state index contributed by atoms with van der Waals surface area (Å²) in [4.78, 5) is 11.4. The van der Waals surface area contributed by atoms with E-state index in [2.05, 4.69) is 5.32 Å². The highest BCUT2D eigenvalue weighted by molar-refractivity contribution is 7.92. The number of hydrogen-bond donors (Lipinski definition) is 1. The molecular weight excluding hydrogens is 364 g/mol. The van der Waals surface area contributed by atoms with Crippen LogP contribution in [0.5, 0.6) is 5.75 Å². The molecule has 7 heteroatoms. The lowest BCUT2D eigenvalue weighted by Gasteiger charge is -2.24. The quantitative estimate of drug-likeness (QED) is 0.783. The van der Waals surface area contributed by atoms with Gasteiger partial charge in [-0.05, 0) is 75.2 Å². The predicted molar refractivity (Wildman–Crippen MR) is 106 cm³/mol. The summed E-state index contributed by atoms with van der Waals surface area (Å²) in [5.74, 6) is 0.472. The Morgan fingerprint density at radius 3 is 2.15 bits per heavy atom. The second kappa shape index (κ2) is 7.60. The number of nitrogens with one attached hydrogen (secondary N) is 1. The molecular formula is C20H24N2O4S. The lowest BCUT2D eigenvalue weighted by atomic mass is 10.2. The molecule has 3 rings (SSSR count). The van der Waals surface area contributed by atoms with Gasteiger partial charge in [0, 0.05) is 18.7 Å². The van der Waals surface area contributed by atoms with Crippen molar-refractivity contribution in [1.82, 2.24) is 0 Å². The topological polar surface area (TPSA) is 75.7 Å². The van der Waals surface area contributed by atoms with Crippen LogP contribution in [0.2, 0.25) is 0 Å². The summed E-state index contributed by atoms with van der Waals surface area (Å²) < 4.78 is 33.5. The molecule has 0 spiro atoms. The minimum Gasteiger partial charge on any atom is -0.491 e. The summed E-state index contributed by atoms with van der Waals surface area (Å²) in [6.07, 6.45) is 1.69. The average molecular weight is 388 g/mol. The van der Waals surface area contributed by atoms with E-state index < -0.39 is 10.0 Å². The lowest BCUT2D eigenvalue weighted by Crippen LogP contribution is -2.33. The van der Waals surface area contributed by atoms with Crippen LogP contribution in [0.3, 0.4) is 0 Å². The molecule has 6 nitrogen and oxygen atoms in total. The Kier molecular flexibility index (Phi) is 5.41. The molecule has 2 aromatic carbocycles. The van der Waals surface area contributed by atoms with Crippen molar-refractivity contribution in [3.05, 3.63) is 48.5 Å². The van der Waals surface area contributed by atoms with Crippen molar-refractivity contribution < 1.29 is 17.9 Å². The number of benzene rings is 2. The molecule has 0 aromatic heterocycles. The highest BCUT2D eigenvalue weighted by Gasteiger charge is 2.38. The van der Waals surface area contributed by atoms with Crippen LogP contribution in [0.1, 0.15) is 33.6 Å². The van der Waals surface area contributed by atoms with Crippen LogP contribution in [0, 0.1) is 0 Å². The van der Waals surface area contributed by atoms with Crippen LogP contribution < -0.4 is 14.4 Å². The van der Waals surface area contributed by atoms with Crippen molar-refractivity contribution in [1.29, 1.82) is 0 Å². The molecule has 0 unspecified atom stereocenters. The molecule has 0 atom stereocenters. The minimum atomic E-state index is -3.68. The van der Waals surface area contributed by atoms with Crippen LogP contribution >= 0.6 is 0 Å². The van der Waals surface area contributed by atoms with Gasteiger partial charge in [-0.15, -0.1) is 0 Å². The summed E-state index contributed by atoms with van der Waals surface area (Å²) >= 11 is 0. The van der Waals surface area contributed by atoms with E-state index in [-0.39, 0.29) is 22.9 Å². The summed E-state index contributed by atoms with van der Waals surface area (Å²) in [7, 11) is -3.68. The fourth-order valence-electron chi connectivity index (χ4n) is 2.83. The van der Waals surface area contributed by atoms with Gasteiger partial charge in [-0.3, -0.25) is 9.10 Å². The number of carbonyl (C=O) groups excluding carboxylic acids is 1. The van der Waals surface area contributed by atoms with Crippen molar-refractivity contribution in [3.63, 3.8) is 0 Å². The van der Waals surface area contributed by atoms with Crippen LogP contribution in [-0.2, 0) is 14.8 Å². The summed E-state index contributed by atoms with van der Waals surface area (Å²) in [5, 5.41) is 2.69. The molecule has 27 heavy (non-hydrogen) atoms. The fourth-order valence-corrected chi connectivity index (χ4v) is 4.54. The van der Waals surface area contributed by atoms with Gasteiger partial charge < -0.3 is 10.1 Å². The van der Waals surface area contributed by atoms with Gasteiger partial charge in [0.15, 0.2) is 0 Å². The molecule has 1 N–H and O–H groups in total. The molecule has 1 fully saturated rings. The van der Waals surface area contributed by atoms with Crippen LogP contribution in [0.15, 0.2) is 53.4 Å². The zero-order valence-electron chi connectivity index (χ0n) is 15.7. The first kappa shape index (κ1) is 19.2. The van der Waals surface area contributed by atoms with E-state index in [9.17, 15) is 13.2 Å². The summed E-state index contributed by atoms with van der Waals surface area (Å²) in [6, 6.07) is 13.3. The normalized spacial score (nSPS) is 14.1. The number of amides is 1. The SMILES string of the molecule is CC(=O)Nc1ccc(N(C2CC2)S(=O)(=O)c2ccc(OC(C)C)cc2)cc1. The third kappa shape index (κ3) is 4.60. The summed E-state index contributed by atoms with van der Waals surface area (Å²) in [6.45, 7) is 5.27. The van der Waals surface area contributed by atoms with E-state index in [1.165, 1.54) is 11.2 Å². The van der Waals surface area contributed by atoms with Gasteiger partial charge in [-0.1, -0.05) is 0 Å². The molecule has 0 aliphatic heterocycles. The standard InChI is InChI=1S/C20H24N2O4S/c1-14(2)26-19-10-12-20(13-11-19)27(24,25)22(18-8-9-18)17-6-4-16(5-7-17)21-15(3)23/h4-7,10-14,18H,8-9H2,1-3H3,(H,21,23). The number of nitrogens with zero attached hydrogens (tertiary/aromatic N) is 1. The van der Waals surface area contributed by atoms with Crippen LogP contribution in [-0.4, -0.2) is 26.5 Å². The highest BCUT2D eigenvalue weighted by atomic mass is 32.2. The van der Waals surface area contributed by atoms with Gasteiger partial charge in [0.2, 0.25) is 5.91 Å². The van der Waals surface area contributed by atoms with Crippen molar-refractivity contribution in [2.45, 2.75) is 50.7 Å². The molecule has 0 radical (unpaired) electrons. The molecule has 0 saturated heterocycles. The van der Waals surface area contributed by atoms with Crippen LogP contribution in [0.4, 0.5) is 11.4 Å². The number of anilines is 2. The fraction of sp³-hybridized carbons (Fsp3) is 0.350. The Morgan fingerprint density at radius 1 is 1.07 bits per heavy atom. The van der Waals surface area contributed by atoms with Gasteiger partial charge >= 0.3 is 0 Å². The number of carbonyl (C=O) groups is 1. The summed E-state index contributed by atoms with van der Waals surface area (Å²) in [5.41, 5.74) is 1.23. The van der Waals surface area contributed by atoms with Gasteiger partial charge in [0.05, 0.1) is 16.7 Å². The molecule has 0 bridgehead atoms. The zero-order valence-corrected chi connectivity index (χ0v) is 16.5. The largest absolute Gasteiger partial charge is 0.491 e. The second-order valence-corrected chi connectivity index (χ2v) is 8.71.